The highest BCUT2D eigenvalue weighted by Crippen LogP contribution is 2.30. The summed E-state index contributed by atoms with van der Waals surface area (Å²) in [5.41, 5.74) is 3.14. The number of allylic oxidation sites excluding steroid dienone is 1. The molecule has 0 unspecified atom stereocenters. The Hall–Kier alpha value is -4.79. The van der Waals surface area contributed by atoms with Gasteiger partial charge in [-0.15, -0.1) is 0 Å². The fourth-order valence-electron chi connectivity index (χ4n) is 4.18. The lowest BCUT2D eigenvalue weighted by Gasteiger charge is -2.28. The number of aliphatic hydroxyl groups is 1. The highest BCUT2D eigenvalue weighted by molar-refractivity contribution is 6.14. The molecule has 5 rings (SSSR count). The molecule has 4 heterocycles. The SMILES string of the molecule is O=C1C(=C(O)c2cc(Cc3ccccn3)cc(Cn3cccn3)c2)N(C(=O)O)Cc2cccnc21. The monoisotopic (exact) mass is 467 g/mol. The van der Waals surface area contributed by atoms with Crippen molar-refractivity contribution in [3.63, 3.8) is 0 Å². The van der Waals surface area contributed by atoms with Crippen LogP contribution >= 0.6 is 0 Å². The van der Waals surface area contributed by atoms with Gasteiger partial charge in [0.05, 0.1) is 13.1 Å². The van der Waals surface area contributed by atoms with Crippen molar-refractivity contribution in [1.29, 1.82) is 0 Å². The van der Waals surface area contributed by atoms with E-state index in [0.717, 1.165) is 21.7 Å². The van der Waals surface area contributed by atoms with Gasteiger partial charge in [-0.25, -0.2) is 4.79 Å². The molecule has 0 radical (unpaired) electrons. The van der Waals surface area contributed by atoms with E-state index in [-0.39, 0.29) is 17.9 Å². The van der Waals surface area contributed by atoms with E-state index in [2.05, 4.69) is 15.1 Å². The van der Waals surface area contributed by atoms with Crippen LogP contribution in [0.5, 0.6) is 0 Å². The summed E-state index contributed by atoms with van der Waals surface area (Å²) in [6.45, 7) is 0.344. The largest absolute Gasteiger partial charge is 0.505 e. The molecule has 0 fully saturated rings. The molecule has 174 valence electrons. The van der Waals surface area contributed by atoms with E-state index in [1.807, 2.05) is 36.5 Å². The quantitative estimate of drug-likeness (QED) is 0.337. The Kier molecular flexibility index (Phi) is 5.80. The number of hydrogen-bond acceptors (Lipinski definition) is 6. The summed E-state index contributed by atoms with van der Waals surface area (Å²) >= 11 is 0. The van der Waals surface area contributed by atoms with Gasteiger partial charge in [0.25, 0.3) is 0 Å². The third-order valence-electron chi connectivity index (χ3n) is 5.72. The van der Waals surface area contributed by atoms with Gasteiger partial charge >= 0.3 is 6.09 Å². The summed E-state index contributed by atoms with van der Waals surface area (Å²) in [6.07, 6.45) is 5.83. The number of carbonyl (C=O) groups is 2. The molecule has 1 aliphatic rings. The zero-order valence-electron chi connectivity index (χ0n) is 18.6. The minimum Gasteiger partial charge on any atom is -0.505 e. The lowest BCUT2D eigenvalue weighted by molar-refractivity contribution is 0.0944. The first-order chi connectivity index (χ1) is 17.0. The van der Waals surface area contributed by atoms with Gasteiger partial charge in [-0.3, -0.25) is 24.3 Å². The van der Waals surface area contributed by atoms with Crippen molar-refractivity contribution in [3.05, 3.63) is 119 Å². The Morgan fingerprint density at radius 1 is 0.943 bits per heavy atom. The Bertz CT molecular complexity index is 1430. The smallest absolute Gasteiger partial charge is 0.412 e. The number of benzene rings is 1. The Labute approximate surface area is 200 Å². The number of ketones is 1. The molecule has 0 saturated carbocycles. The highest BCUT2D eigenvalue weighted by Gasteiger charge is 2.35. The fourth-order valence-corrected chi connectivity index (χ4v) is 4.18. The second kappa shape index (κ2) is 9.22. The van der Waals surface area contributed by atoms with Gasteiger partial charge in [-0.1, -0.05) is 18.2 Å². The van der Waals surface area contributed by atoms with E-state index in [1.54, 1.807) is 41.3 Å². The third-order valence-corrected chi connectivity index (χ3v) is 5.72. The summed E-state index contributed by atoms with van der Waals surface area (Å²) in [5.74, 6) is -1.06. The van der Waals surface area contributed by atoms with Crippen LogP contribution in [-0.2, 0) is 19.5 Å². The fraction of sp³-hybridized carbons (Fsp3) is 0.115. The van der Waals surface area contributed by atoms with E-state index in [9.17, 15) is 19.8 Å². The van der Waals surface area contributed by atoms with Crippen LogP contribution in [0.1, 0.15) is 38.4 Å². The molecular weight excluding hydrogens is 446 g/mol. The maximum Gasteiger partial charge on any atom is 0.412 e. The first kappa shape index (κ1) is 22.0. The number of hydrogen-bond donors (Lipinski definition) is 2. The predicted octanol–water partition coefficient (Wildman–Crippen LogP) is 3.92. The van der Waals surface area contributed by atoms with Gasteiger partial charge in [0.1, 0.15) is 11.4 Å². The number of Topliss-reactive ketones (excluding diaryl/α,β-unsaturated/α-hetero) is 1. The Balaban J connectivity index is 1.62. The molecule has 0 atom stereocenters. The van der Waals surface area contributed by atoms with E-state index < -0.39 is 17.6 Å². The molecule has 2 N–H and O–H groups in total. The van der Waals surface area contributed by atoms with Gasteiger partial charge in [-0.05, 0) is 47.5 Å². The number of rotatable bonds is 5. The predicted molar refractivity (Wildman–Crippen MR) is 126 cm³/mol. The lowest BCUT2D eigenvalue weighted by atomic mass is 9.96. The average Bonchev–Trinajstić information content (AvgIpc) is 3.37. The minimum absolute atomic E-state index is 0.0859. The average molecular weight is 467 g/mol. The third kappa shape index (κ3) is 4.51. The second-order valence-electron chi connectivity index (χ2n) is 8.15. The summed E-state index contributed by atoms with van der Waals surface area (Å²) < 4.78 is 1.74. The minimum atomic E-state index is -1.34. The van der Waals surface area contributed by atoms with Crippen LogP contribution in [-0.4, -0.2) is 46.7 Å². The number of carbonyl (C=O) groups excluding carboxylic acids is 1. The number of aromatic nitrogens is 4. The maximum absolute atomic E-state index is 13.3. The van der Waals surface area contributed by atoms with Gasteiger partial charge in [0.15, 0.2) is 5.76 Å². The Morgan fingerprint density at radius 2 is 1.77 bits per heavy atom. The Morgan fingerprint density at radius 3 is 2.51 bits per heavy atom. The zero-order valence-corrected chi connectivity index (χ0v) is 18.6. The molecule has 3 aromatic heterocycles. The number of amides is 1. The van der Waals surface area contributed by atoms with Crippen molar-refractivity contribution in [2.75, 3.05) is 0 Å². The molecule has 4 aromatic rings. The molecule has 9 heteroatoms. The molecule has 1 amide bonds. The number of nitrogens with zero attached hydrogens (tertiary/aromatic N) is 5. The summed E-state index contributed by atoms with van der Waals surface area (Å²) in [7, 11) is 0. The van der Waals surface area contributed by atoms with Gasteiger partial charge < -0.3 is 10.2 Å². The van der Waals surface area contributed by atoms with Crippen molar-refractivity contribution in [1.82, 2.24) is 24.6 Å². The van der Waals surface area contributed by atoms with Crippen LogP contribution in [0.2, 0.25) is 0 Å². The summed E-state index contributed by atoms with van der Waals surface area (Å²) in [4.78, 5) is 34.6. The van der Waals surface area contributed by atoms with E-state index >= 15 is 0 Å². The standard InChI is InChI=1S/C26H21N5O4/c32-24(23-25(33)22-19(5-3-8-28-22)16-31(23)26(34)35)20-12-17(14-21-6-1-2-7-27-21)11-18(13-20)15-30-10-4-9-29-30/h1-13,32H,14-16H2,(H,34,35). The van der Waals surface area contributed by atoms with E-state index in [1.165, 1.54) is 6.20 Å². The topological polar surface area (TPSA) is 121 Å². The van der Waals surface area contributed by atoms with Crippen molar-refractivity contribution in [2.24, 2.45) is 0 Å². The number of carboxylic acid groups (broad SMARTS) is 1. The summed E-state index contributed by atoms with van der Waals surface area (Å²) in [6, 6.07) is 16.2. The maximum atomic E-state index is 13.3. The van der Waals surface area contributed by atoms with Crippen molar-refractivity contribution >= 4 is 17.6 Å². The molecule has 0 saturated heterocycles. The summed E-state index contributed by atoms with van der Waals surface area (Å²) in [5, 5.41) is 25.3. The van der Waals surface area contributed by atoms with E-state index in [0.29, 0.717) is 24.1 Å². The molecule has 35 heavy (non-hydrogen) atoms. The number of pyridine rings is 2. The first-order valence-electron chi connectivity index (χ1n) is 10.9. The van der Waals surface area contributed by atoms with Crippen LogP contribution in [0.3, 0.4) is 0 Å². The van der Waals surface area contributed by atoms with Crippen LogP contribution in [0.4, 0.5) is 4.79 Å². The van der Waals surface area contributed by atoms with Crippen LogP contribution in [0, 0.1) is 0 Å². The van der Waals surface area contributed by atoms with Crippen molar-refractivity contribution in [3.8, 4) is 0 Å². The van der Waals surface area contributed by atoms with Gasteiger partial charge in [-0.2, -0.15) is 5.10 Å². The molecule has 0 spiro atoms. The van der Waals surface area contributed by atoms with Gasteiger partial charge in [0.2, 0.25) is 5.78 Å². The molecular formula is C26H21N5O4. The number of fused-ring (bicyclic) bond motifs is 1. The van der Waals surface area contributed by atoms with Crippen molar-refractivity contribution in [2.45, 2.75) is 19.5 Å². The highest BCUT2D eigenvalue weighted by atomic mass is 16.4. The van der Waals surface area contributed by atoms with Crippen molar-refractivity contribution < 1.29 is 19.8 Å². The van der Waals surface area contributed by atoms with Crippen LogP contribution in [0.25, 0.3) is 5.76 Å². The first-order valence-corrected chi connectivity index (χ1v) is 10.9. The molecule has 0 bridgehead atoms. The molecule has 0 aliphatic carbocycles. The van der Waals surface area contributed by atoms with Crippen LogP contribution in [0.15, 0.2) is 85.1 Å². The molecule has 1 aliphatic heterocycles. The zero-order chi connectivity index (χ0) is 24.4. The number of aliphatic hydroxyl groups excluding tert-OH is 1. The normalized spacial score (nSPS) is 14.5. The van der Waals surface area contributed by atoms with Gasteiger partial charge in [0, 0.05) is 48.0 Å². The van der Waals surface area contributed by atoms with E-state index in [4.69, 9.17) is 0 Å². The molecule has 9 nitrogen and oxygen atoms in total. The molecule has 1 aromatic carbocycles. The van der Waals surface area contributed by atoms with Crippen LogP contribution < -0.4 is 0 Å². The lowest BCUT2D eigenvalue weighted by Crippen LogP contribution is -2.38. The second-order valence-corrected chi connectivity index (χ2v) is 8.15.